The Labute approximate surface area is 162 Å². The van der Waals surface area contributed by atoms with E-state index in [2.05, 4.69) is 32.9 Å². The molecule has 4 rings (SSSR count). The fourth-order valence-electron chi connectivity index (χ4n) is 3.80. The molecule has 3 heterocycles. The van der Waals surface area contributed by atoms with E-state index in [1.807, 2.05) is 35.4 Å². The molecule has 0 aliphatic carbocycles. The molecule has 142 valence electrons. The van der Waals surface area contributed by atoms with Crippen molar-refractivity contribution < 1.29 is 9.59 Å². The van der Waals surface area contributed by atoms with E-state index in [4.69, 9.17) is 0 Å². The van der Waals surface area contributed by atoms with Gasteiger partial charge in [-0.2, -0.15) is 0 Å². The molecule has 2 atom stereocenters. The number of hydrazine groups is 1. The number of hydrogen-bond donors (Lipinski definition) is 2. The van der Waals surface area contributed by atoms with Gasteiger partial charge >= 0.3 is 0 Å². The quantitative estimate of drug-likeness (QED) is 0.834. The molecule has 0 radical (unpaired) electrons. The highest BCUT2D eigenvalue weighted by Crippen LogP contribution is 2.26. The van der Waals surface area contributed by atoms with Gasteiger partial charge in [0.2, 0.25) is 5.91 Å². The Bertz CT molecular complexity index is 817. The van der Waals surface area contributed by atoms with Crippen molar-refractivity contribution in [3.63, 3.8) is 0 Å². The molecule has 2 unspecified atom stereocenters. The Morgan fingerprint density at radius 1 is 1.19 bits per heavy atom. The van der Waals surface area contributed by atoms with Crippen molar-refractivity contribution in [1.29, 1.82) is 0 Å². The van der Waals surface area contributed by atoms with Crippen LogP contribution in [-0.4, -0.2) is 58.8 Å². The van der Waals surface area contributed by atoms with Crippen LogP contribution in [0.4, 0.5) is 0 Å². The number of carbonyl (C=O) groups excluding carboxylic acids is 2. The van der Waals surface area contributed by atoms with Crippen molar-refractivity contribution in [2.45, 2.75) is 25.4 Å². The molecule has 0 spiro atoms. The van der Waals surface area contributed by atoms with E-state index in [9.17, 15) is 9.59 Å². The summed E-state index contributed by atoms with van der Waals surface area (Å²) < 4.78 is 0. The number of hydrogen-bond acceptors (Lipinski definition) is 6. The van der Waals surface area contributed by atoms with Gasteiger partial charge in [0.1, 0.15) is 5.69 Å². The Hall–Kier alpha value is -2.29. The van der Waals surface area contributed by atoms with Crippen LogP contribution in [0, 0.1) is 6.92 Å². The molecule has 2 aliphatic heterocycles. The molecule has 2 aliphatic rings. The van der Waals surface area contributed by atoms with Gasteiger partial charge in [0.05, 0.1) is 11.0 Å². The van der Waals surface area contributed by atoms with E-state index in [1.165, 1.54) is 11.3 Å². The number of nitrogens with one attached hydrogen (secondary N) is 2. The molecule has 27 heavy (non-hydrogen) atoms. The number of piperazine rings is 1. The molecule has 7 nitrogen and oxygen atoms in total. The number of rotatable bonds is 3. The largest absolute Gasteiger partial charge is 0.335 e. The second-order valence-corrected chi connectivity index (χ2v) is 7.99. The lowest BCUT2D eigenvalue weighted by atomic mass is 9.93. The molecule has 0 bridgehead atoms. The Morgan fingerprint density at radius 3 is 2.59 bits per heavy atom. The SMILES string of the molecule is Cc1nc(C(=O)N2CCN(C3CC(=O)NNC3c3ccccc3)CC2)cs1. The van der Waals surface area contributed by atoms with Crippen LogP contribution in [0.2, 0.25) is 0 Å². The maximum absolute atomic E-state index is 12.6. The lowest BCUT2D eigenvalue weighted by molar-refractivity contribution is -0.127. The Kier molecular flexibility index (Phi) is 5.20. The van der Waals surface area contributed by atoms with Gasteiger partial charge in [0.25, 0.3) is 5.91 Å². The predicted octanol–water partition coefficient (Wildman–Crippen LogP) is 1.34. The van der Waals surface area contributed by atoms with Crippen molar-refractivity contribution in [3.8, 4) is 0 Å². The minimum Gasteiger partial charge on any atom is -0.335 e. The molecule has 1 aromatic heterocycles. The zero-order valence-corrected chi connectivity index (χ0v) is 16.0. The second-order valence-electron chi connectivity index (χ2n) is 6.93. The van der Waals surface area contributed by atoms with E-state index in [1.54, 1.807) is 0 Å². The molecule has 2 amide bonds. The normalized spacial score (nSPS) is 23.9. The third-order valence-corrected chi connectivity index (χ3v) is 5.99. The summed E-state index contributed by atoms with van der Waals surface area (Å²) in [4.78, 5) is 33.1. The fraction of sp³-hybridized carbons (Fsp3) is 0.421. The highest BCUT2D eigenvalue weighted by molar-refractivity contribution is 7.09. The van der Waals surface area contributed by atoms with Crippen LogP contribution in [0.3, 0.4) is 0 Å². The summed E-state index contributed by atoms with van der Waals surface area (Å²) in [5.41, 5.74) is 7.61. The van der Waals surface area contributed by atoms with Crippen molar-refractivity contribution >= 4 is 23.2 Å². The number of benzene rings is 1. The van der Waals surface area contributed by atoms with Crippen LogP contribution in [0.1, 0.15) is 33.5 Å². The van der Waals surface area contributed by atoms with Crippen LogP contribution in [-0.2, 0) is 4.79 Å². The Balaban J connectivity index is 1.44. The van der Waals surface area contributed by atoms with Crippen molar-refractivity contribution in [1.82, 2.24) is 25.6 Å². The predicted molar refractivity (Wildman–Crippen MR) is 103 cm³/mol. The third-order valence-electron chi connectivity index (χ3n) is 5.21. The van der Waals surface area contributed by atoms with Crippen LogP contribution >= 0.6 is 11.3 Å². The third kappa shape index (κ3) is 3.87. The molecule has 1 aromatic carbocycles. The number of nitrogens with zero attached hydrogens (tertiary/aromatic N) is 3. The molecular formula is C19H23N5O2S. The monoisotopic (exact) mass is 385 g/mol. The van der Waals surface area contributed by atoms with Crippen molar-refractivity contribution in [2.75, 3.05) is 26.2 Å². The van der Waals surface area contributed by atoms with Gasteiger partial charge in [-0.25, -0.2) is 10.4 Å². The van der Waals surface area contributed by atoms with Crippen LogP contribution < -0.4 is 10.9 Å². The highest BCUT2D eigenvalue weighted by atomic mass is 32.1. The first-order valence-electron chi connectivity index (χ1n) is 9.16. The number of carbonyl (C=O) groups is 2. The lowest BCUT2D eigenvalue weighted by Crippen LogP contribution is -2.60. The summed E-state index contributed by atoms with van der Waals surface area (Å²) in [5, 5.41) is 2.73. The molecule has 2 aromatic rings. The standard InChI is InChI=1S/C19H23N5O2S/c1-13-20-15(12-27-13)19(26)24-9-7-23(8-10-24)16-11-17(25)21-22-18(16)14-5-3-2-4-6-14/h2-6,12,16,18,22H,7-11H2,1H3,(H,21,25). The zero-order valence-electron chi connectivity index (χ0n) is 15.2. The topological polar surface area (TPSA) is 77.6 Å². The summed E-state index contributed by atoms with van der Waals surface area (Å²) in [6, 6.07) is 10.3. The molecular weight excluding hydrogens is 362 g/mol. The molecule has 0 saturated carbocycles. The van der Waals surface area contributed by atoms with Crippen LogP contribution in [0.25, 0.3) is 0 Å². The van der Waals surface area contributed by atoms with Gasteiger partial charge < -0.3 is 4.90 Å². The van der Waals surface area contributed by atoms with Crippen molar-refractivity contribution in [3.05, 3.63) is 52.0 Å². The van der Waals surface area contributed by atoms with Gasteiger partial charge in [0.15, 0.2) is 0 Å². The number of aryl methyl sites for hydroxylation is 1. The Morgan fingerprint density at radius 2 is 1.93 bits per heavy atom. The molecule has 2 saturated heterocycles. The van der Waals surface area contributed by atoms with E-state index >= 15 is 0 Å². The second kappa shape index (κ2) is 7.75. The minimum absolute atomic E-state index is 0.00174. The summed E-state index contributed by atoms with van der Waals surface area (Å²) in [5.74, 6) is 0.00163. The average Bonchev–Trinajstić information content (AvgIpc) is 3.14. The molecule has 2 N–H and O–H groups in total. The first-order chi connectivity index (χ1) is 13.1. The van der Waals surface area contributed by atoms with E-state index < -0.39 is 0 Å². The van der Waals surface area contributed by atoms with Gasteiger partial charge in [-0.05, 0) is 12.5 Å². The number of amides is 2. The smallest absolute Gasteiger partial charge is 0.273 e. The van der Waals surface area contributed by atoms with Gasteiger partial charge in [0, 0.05) is 44.0 Å². The van der Waals surface area contributed by atoms with Gasteiger partial charge in [-0.15, -0.1) is 11.3 Å². The number of aromatic nitrogens is 1. The summed E-state index contributed by atoms with van der Waals surface area (Å²) in [6.45, 7) is 4.70. The first kappa shape index (κ1) is 18.1. The lowest BCUT2D eigenvalue weighted by Gasteiger charge is -2.44. The van der Waals surface area contributed by atoms with Crippen molar-refractivity contribution in [2.24, 2.45) is 0 Å². The van der Waals surface area contributed by atoms with E-state index in [0.29, 0.717) is 25.2 Å². The molecule has 2 fully saturated rings. The summed E-state index contributed by atoms with van der Waals surface area (Å²) in [6.07, 6.45) is 0.450. The maximum atomic E-state index is 12.6. The first-order valence-corrected chi connectivity index (χ1v) is 10.0. The summed E-state index contributed by atoms with van der Waals surface area (Å²) in [7, 11) is 0. The minimum atomic E-state index is -0.00174. The van der Waals surface area contributed by atoms with Gasteiger partial charge in [-0.3, -0.25) is 19.9 Å². The fourth-order valence-corrected chi connectivity index (χ4v) is 4.39. The van der Waals surface area contributed by atoms with Gasteiger partial charge in [-0.1, -0.05) is 30.3 Å². The maximum Gasteiger partial charge on any atom is 0.273 e. The average molecular weight is 385 g/mol. The number of thiazole rings is 1. The van der Waals surface area contributed by atoms with Crippen LogP contribution in [0.15, 0.2) is 35.7 Å². The van der Waals surface area contributed by atoms with Crippen LogP contribution in [0.5, 0.6) is 0 Å². The zero-order chi connectivity index (χ0) is 18.8. The van der Waals surface area contributed by atoms with E-state index in [-0.39, 0.29) is 23.9 Å². The summed E-state index contributed by atoms with van der Waals surface area (Å²) >= 11 is 1.50. The van der Waals surface area contributed by atoms with E-state index in [0.717, 1.165) is 23.7 Å². The molecule has 8 heteroatoms. The highest BCUT2D eigenvalue weighted by Gasteiger charge is 2.36.